The molecule has 1 fully saturated rings. The van der Waals surface area contributed by atoms with Crippen molar-refractivity contribution < 1.29 is 4.74 Å². The SMILES string of the molecule is CN(Cc1ncnn1C(C)(C)C)C[C@@H]1OCCN(C)[C@H]1c1ccccc1. The summed E-state index contributed by atoms with van der Waals surface area (Å²) in [5.41, 5.74) is 1.24. The summed E-state index contributed by atoms with van der Waals surface area (Å²) in [5, 5.41) is 4.40. The van der Waals surface area contributed by atoms with Gasteiger partial charge >= 0.3 is 0 Å². The Morgan fingerprint density at radius 3 is 2.65 bits per heavy atom. The molecule has 0 spiro atoms. The summed E-state index contributed by atoms with van der Waals surface area (Å²) < 4.78 is 8.18. The van der Waals surface area contributed by atoms with Gasteiger partial charge in [0, 0.05) is 13.1 Å². The predicted molar refractivity (Wildman–Crippen MR) is 103 cm³/mol. The zero-order valence-corrected chi connectivity index (χ0v) is 16.6. The molecule has 2 aromatic rings. The molecule has 1 saturated heterocycles. The average Bonchev–Trinajstić information content (AvgIpc) is 3.04. The molecule has 26 heavy (non-hydrogen) atoms. The molecule has 6 nitrogen and oxygen atoms in total. The van der Waals surface area contributed by atoms with Gasteiger partial charge in [0.1, 0.15) is 12.2 Å². The maximum Gasteiger partial charge on any atom is 0.141 e. The van der Waals surface area contributed by atoms with Crippen molar-refractivity contribution in [3.63, 3.8) is 0 Å². The molecular weight excluding hydrogens is 326 g/mol. The molecule has 1 aromatic heterocycles. The molecule has 3 rings (SSSR count). The van der Waals surface area contributed by atoms with E-state index in [4.69, 9.17) is 4.74 Å². The van der Waals surface area contributed by atoms with Crippen molar-refractivity contribution in [2.24, 2.45) is 0 Å². The first-order chi connectivity index (χ1) is 12.4. The van der Waals surface area contributed by atoms with Crippen LogP contribution in [0, 0.1) is 0 Å². The maximum atomic E-state index is 6.18. The second-order valence-corrected chi connectivity index (χ2v) is 8.20. The highest BCUT2D eigenvalue weighted by atomic mass is 16.5. The second kappa shape index (κ2) is 7.86. The van der Waals surface area contributed by atoms with Gasteiger partial charge in [0.25, 0.3) is 0 Å². The molecule has 0 unspecified atom stereocenters. The molecule has 0 bridgehead atoms. The first kappa shape index (κ1) is 19.0. The number of aromatic nitrogens is 3. The Kier molecular flexibility index (Phi) is 5.75. The number of ether oxygens (including phenoxy) is 1. The van der Waals surface area contributed by atoms with Gasteiger partial charge in [-0.3, -0.25) is 9.80 Å². The van der Waals surface area contributed by atoms with Crippen LogP contribution in [0.1, 0.15) is 38.2 Å². The van der Waals surface area contributed by atoms with Crippen LogP contribution < -0.4 is 0 Å². The zero-order valence-electron chi connectivity index (χ0n) is 16.6. The van der Waals surface area contributed by atoms with E-state index in [2.05, 4.69) is 85.1 Å². The van der Waals surface area contributed by atoms with E-state index < -0.39 is 0 Å². The number of hydrogen-bond donors (Lipinski definition) is 0. The van der Waals surface area contributed by atoms with E-state index in [1.807, 2.05) is 4.68 Å². The first-order valence-electron chi connectivity index (χ1n) is 9.31. The van der Waals surface area contributed by atoms with Gasteiger partial charge in [-0.05, 0) is 40.4 Å². The lowest BCUT2D eigenvalue weighted by atomic mass is 9.98. The Hall–Kier alpha value is -1.76. The number of rotatable bonds is 5. The zero-order chi connectivity index (χ0) is 18.7. The number of likely N-dealkylation sites (N-methyl/N-ethyl adjacent to an activating group) is 2. The molecule has 0 N–H and O–H groups in total. The molecular formula is C20H31N5O. The van der Waals surface area contributed by atoms with Crippen LogP contribution in [0.25, 0.3) is 0 Å². The van der Waals surface area contributed by atoms with Gasteiger partial charge in [-0.1, -0.05) is 30.3 Å². The fourth-order valence-corrected chi connectivity index (χ4v) is 3.68. The summed E-state index contributed by atoms with van der Waals surface area (Å²) in [6.07, 6.45) is 1.78. The average molecular weight is 358 g/mol. The van der Waals surface area contributed by atoms with Gasteiger partial charge in [0.05, 0.1) is 30.8 Å². The summed E-state index contributed by atoms with van der Waals surface area (Å²) >= 11 is 0. The van der Waals surface area contributed by atoms with E-state index in [1.54, 1.807) is 6.33 Å². The molecule has 1 aliphatic rings. The third kappa shape index (κ3) is 4.31. The summed E-state index contributed by atoms with van der Waals surface area (Å²) in [5.74, 6) is 0.987. The molecule has 0 saturated carbocycles. The Morgan fingerprint density at radius 2 is 1.96 bits per heavy atom. The molecule has 6 heteroatoms. The van der Waals surface area contributed by atoms with Gasteiger partial charge in [-0.25, -0.2) is 9.67 Å². The van der Waals surface area contributed by atoms with Crippen molar-refractivity contribution in [3.05, 3.63) is 48.0 Å². The van der Waals surface area contributed by atoms with Gasteiger partial charge in [-0.15, -0.1) is 0 Å². The van der Waals surface area contributed by atoms with Gasteiger partial charge < -0.3 is 4.74 Å². The molecule has 142 valence electrons. The highest BCUT2D eigenvalue weighted by Gasteiger charge is 2.32. The fraction of sp³-hybridized carbons (Fsp3) is 0.600. The normalized spacial score (nSPS) is 22.1. The van der Waals surface area contributed by atoms with E-state index in [1.165, 1.54) is 5.56 Å². The quantitative estimate of drug-likeness (QED) is 0.823. The minimum Gasteiger partial charge on any atom is -0.374 e. The van der Waals surface area contributed by atoms with Crippen LogP contribution in [0.2, 0.25) is 0 Å². The standard InChI is InChI=1S/C20H31N5O/c1-20(2,3)25-18(21-15-22-25)14-23(4)13-17-19(24(5)11-12-26-17)16-9-7-6-8-10-16/h6-10,15,17,19H,11-14H2,1-5H3/t17-,19-/m0/s1. The van der Waals surface area contributed by atoms with Crippen molar-refractivity contribution in [2.45, 2.75) is 45.0 Å². The summed E-state index contributed by atoms with van der Waals surface area (Å²) in [6.45, 7) is 9.78. The molecule has 2 atom stereocenters. The Labute approximate surface area is 156 Å². The summed E-state index contributed by atoms with van der Waals surface area (Å²) in [6, 6.07) is 10.9. The van der Waals surface area contributed by atoms with Crippen molar-refractivity contribution in [3.8, 4) is 0 Å². The monoisotopic (exact) mass is 357 g/mol. The third-order valence-corrected chi connectivity index (χ3v) is 4.90. The molecule has 1 aliphatic heterocycles. The van der Waals surface area contributed by atoms with Gasteiger partial charge in [0.2, 0.25) is 0 Å². The minimum atomic E-state index is -0.0686. The second-order valence-electron chi connectivity index (χ2n) is 8.20. The van der Waals surface area contributed by atoms with Crippen LogP contribution >= 0.6 is 0 Å². The smallest absolute Gasteiger partial charge is 0.141 e. The lowest BCUT2D eigenvalue weighted by Crippen LogP contribution is -2.47. The topological polar surface area (TPSA) is 46.4 Å². The van der Waals surface area contributed by atoms with Crippen LogP contribution in [-0.4, -0.2) is 64.5 Å². The Balaban J connectivity index is 1.71. The third-order valence-electron chi connectivity index (χ3n) is 4.90. The van der Waals surface area contributed by atoms with Gasteiger partial charge in [0.15, 0.2) is 0 Å². The molecule has 0 amide bonds. The summed E-state index contributed by atoms with van der Waals surface area (Å²) in [4.78, 5) is 9.15. The molecule has 0 radical (unpaired) electrons. The van der Waals surface area contributed by atoms with Crippen molar-refractivity contribution in [1.82, 2.24) is 24.6 Å². The lowest BCUT2D eigenvalue weighted by Gasteiger charge is -2.41. The van der Waals surface area contributed by atoms with Crippen LogP contribution in [0.15, 0.2) is 36.7 Å². The maximum absolute atomic E-state index is 6.18. The van der Waals surface area contributed by atoms with E-state index >= 15 is 0 Å². The molecule has 2 heterocycles. The van der Waals surface area contributed by atoms with Crippen LogP contribution in [-0.2, 0) is 16.8 Å². The van der Waals surface area contributed by atoms with E-state index in [0.29, 0.717) is 0 Å². The van der Waals surface area contributed by atoms with Crippen molar-refractivity contribution in [1.29, 1.82) is 0 Å². The van der Waals surface area contributed by atoms with Crippen molar-refractivity contribution >= 4 is 0 Å². The fourth-order valence-electron chi connectivity index (χ4n) is 3.68. The predicted octanol–water partition coefficient (Wildman–Crippen LogP) is 2.54. The number of hydrogen-bond acceptors (Lipinski definition) is 5. The number of morpholine rings is 1. The molecule has 1 aromatic carbocycles. The molecule has 0 aliphatic carbocycles. The highest BCUT2D eigenvalue weighted by Crippen LogP contribution is 2.29. The minimum absolute atomic E-state index is 0.0686. The largest absolute Gasteiger partial charge is 0.374 e. The Bertz CT molecular complexity index is 694. The van der Waals surface area contributed by atoms with Crippen LogP contribution in [0.4, 0.5) is 0 Å². The van der Waals surface area contributed by atoms with Gasteiger partial charge in [-0.2, -0.15) is 5.10 Å². The van der Waals surface area contributed by atoms with E-state index in [-0.39, 0.29) is 17.7 Å². The highest BCUT2D eigenvalue weighted by molar-refractivity contribution is 5.21. The Morgan fingerprint density at radius 1 is 1.23 bits per heavy atom. The lowest BCUT2D eigenvalue weighted by molar-refractivity contribution is -0.0745. The summed E-state index contributed by atoms with van der Waals surface area (Å²) in [7, 11) is 4.31. The first-order valence-corrected chi connectivity index (χ1v) is 9.31. The van der Waals surface area contributed by atoms with Crippen LogP contribution in [0.5, 0.6) is 0 Å². The van der Waals surface area contributed by atoms with Crippen LogP contribution in [0.3, 0.4) is 0 Å². The van der Waals surface area contributed by atoms with E-state index in [9.17, 15) is 0 Å². The number of nitrogens with zero attached hydrogens (tertiary/aromatic N) is 5. The van der Waals surface area contributed by atoms with Crippen molar-refractivity contribution in [2.75, 3.05) is 33.8 Å². The number of benzene rings is 1. The van der Waals surface area contributed by atoms with E-state index in [0.717, 1.165) is 32.1 Å².